The summed E-state index contributed by atoms with van der Waals surface area (Å²) in [6.45, 7) is 3.06. The van der Waals surface area contributed by atoms with Gasteiger partial charge in [0.2, 0.25) is 5.91 Å². The summed E-state index contributed by atoms with van der Waals surface area (Å²) in [6.07, 6.45) is 4.00. The average molecular weight is 247 g/mol. The summed E-state index contributed by atoms with van der Waals surface area (Å²) in [5.41, 5.74) is 3.94. The van der Waals surface area contributed by atoms with Gasteiger partial charge in [-0.15, -0.1) is 0 Å². The lowest BCUT2D eigenvalue weighted by Crippen LogP contribution is -2.34. The van der Waals surface area contributed by atoms with Gasteiger partial charge in [0.25, 0.3) is 0 Å². The van der Waals surface area contributed by atoms with Crippen molar-refractivity contribution in [1.29, 1.82) is 0 Å². The lowest BCUT2D eigenvalue weighted by Gasteiger charge is -2.19. The van der Waals surface area contributed by atoms with E-state index in [1.807, 2.05) is 6.92 Å². The van der Waals surface area contributed by atoms with Crippen molar-refractivity contribution in [2.75, 3.05) is 19.7 Å². The van der Waals surface area contributed by atoms with Crippen LogP contribution < -0.4 is 0 Å². The smallest absolute Gasteiger partial charge is 0.227 e. The van der Waals surface area contributed by atoms with Crippen molar-refractivity contribution < 1.29 is 9.90 Å². The molecule has 0 heterocycles. The van der Waals surface area contributed by atoms with Crippen molar-refractivity contribution in [3.8, 4) is 0 Å². The molecule has 1 aromatic rings. The number of fused-ring (bicyclic) bond motifs is 1. The molecule has 1 amide bonds. The first-order chi connectivity index (χ1) is 8.74. The fourth-order valence-corrected chi connectivity index (χ4v) is 2.60. The van der Waals surface area contributed by atoms with Crippen molar-refractivity contribution >= 4 is 5.91 Å². The second-order valence-corrected chi connectivity index (χ2v) is 4.83. The molecule has 0 saturated carbocycles. The first-order valence-corrected chi connectivity index (χ1v) is 6.74. The summed E-state index contributed by atoms with van der Waals surface area (Å²) in [4.78, 5) is 13.8. The molecular formula is C15H21NO2. The second-order valence-electron chi connectivity index (χ2n) is 4.83. The Labute approximate surface area is 108 Å². The van der Waals surface area contributed by atoms with Crippen LogP contribution in [0.1, 0.15) is 30.0 Å². The Morgan fingerprint density at radius 1 is 1.33 bits per heavy atom. The first-order valence-electron chi connectivity index (χ1n) is 6.74. The molecule has 0 aromatic heterocycles. The van der Waals surface area contributed by atoms with Gasteiger partial charge in [0.05, 0.1) is 13.0 Å². The third-order valence-electron chi connectivity index (χ3n) is 3.62. The van der Waals surface area contributed by atoms with Crippen molar-refractivity contribution in [3.05, 3.63) is 34.9 Å². The number of carbonyl (C=O) groups is 1. The molecule has 1 aliphatic carbocycles. The average Bonchev–Trinajstić information content (AvgIpc) is 2.83. The highest BCUT2D eigenvalue weighted by molar-refractivity contribution is 5.78. The van der Waals surface area contributed by atoms with E-state index in [4.69, 9.17) is 5.11 Å². The molecule has 0 fully saturated rings. The summed E-state index contributed by atoms with van der Waals surface area (Å²) in [7, 11) is 0. The number of aliphatic hydroxyl groups is 1. The van der Waals surface area contributed by atoms with E-state index >= 15 is 0 Å². The molecule has 1 aliphatic rings. The van der Waals surface area contributed by atoms with Gasteiger partial charge in [-0.1, -0.05) is 18.2 Å². The molecule has 0 aliphatic heterocycles. The molecule has 0 atom stereocenters. The number of benzene rings is 1. The van der Waals surface area contributed by atoms with E-state index in [2.05, 4.69) is 18.2 Å². The van der Waals surface area contributed by atoms with Gasteiger partial charge < -0.3 is 10.0 Å². The normalized spacial score (nSPS) is 13.4. The van der Waals surface area contributed by atoms with Crippen LogP contribution in [0, 0.1) is 0 Å². The van der Waals surface area contributed by atoms with E-state index in [1.165, 1.54) is 24.0 Å². The predicted octanol–water partition coefficient (Wildman–Crippen LogP) is 1.56. The van der Waals surface area contributed by atoms with E-state index in [-0.39, 0.29) is 12.5 Å². The first kappa shape index (κ1) is 13.1. The Hall–Kier alpha value is -1.35. The Kier molecular flexibility index (Phi) is 4.37. The maximum atomic E-state index is 12.0. The van der Waals surface area contributed by atoms with Crippen LogP contribution in [0.2, 0.25) is 0 Å². The molecule has 0 spiro atoms. The molecule has 0 radical (unpaired) electrons. The van der Waals surface area contributed by atoms with Crippen LogP contribution in [0.15, 0.2) is 18.2 Å². The number of nitrogens with zero attached hydrogens (tertiary/aromatic N) is 1. The molecular weight excluding hydrogens is 226 g/mol. The van der Waals surface area contributed by atoms with E-state index in [0.717, 1.165) is 12.0 Å². The predicted molar refractivity (Wildman–Crippen MR) is 71.5 cm³/mol. The zero-order valence-corrected chi connectivity index (χ0v) is 11.0. The number of rotatable bonds is 5. The Morgan fingerprint density at radius 2 is 2.11 bits per heavy atom. The third kappa shape index (κ3) is 2.91. The van der Waals surface area contributed by atoms with Gasteiger partial charge in [0.15, 0.2) is 0 Å². The minimum absolute atomic E-state index is 0.0315. The lowest BCUT2D eigenvalue weighted by molar-refractivity contribution is -0.130. The highest BCUT2D eigenvalue weighted by Crippen LogP contribution is 2.23. The van der Waals surface area contributed by atoms with E-state index in [1.54, 1.807) is 4.90 Å². The number of hydrogen-bond acceptors (Lipinski definition) is 2. The van der Waals surface area contributed by atoms with Gasteiger partial charge in [-0.05, 0) is 42.9 Å². The Balaban J connectivity index is 2.02. The van der Waals surface area contributed by atoms with Crippen molar-refractivity contribution in [2.24, 2.45) is 0 Å². The highest BCUT2D eigenvalue weighted by atomic mass is 16.3. The van der Waals surface area contributed by atoms with E-state index < -0.39 is 0 Å². The second kappa shape index (κ2) is 6.01. The molecule has 2 rings (SSSR count). The van der Waals surface area contributed by atoms with Crippen LogP contribution in [0.25, 0.3) is 0 Å². The van der Waals surface area contributed by atoms with E-state index in [9.17, 15) is 4.79 Å². The summed E-state index contributed by atoms with van der Waals surface area (Å²) < 4.78 is 0. The number of aliphatic hydroxyl groups excluding tert-OH is 1. The maximum absolute atomic E-state index is 12.0. The molecule has 3 heteroatoms. The molecule has 3 nitrogen and oxygen atoms in total. The number of aryl methyl sites for hydroxylation is 2. The topological polar surface area (TPSA) is 40.5 Å². The van der Waals surface area contributed by atoms with Crippen LogP contribution >= 0.6 is 0 Å². The maximum Gasteiger partial charge on any atom is 0.227 e. The number of amides is 1. The van der Waals surface area contributed by atoms with Crippen LogP contribution in [0.4, 0.5) is 0 Å². The van der Waals surface area contributed by atoms with Gasteiger partial charge in [-0.3, -0.25) is 4.79 Å². The molecule has 0 saturated heterocycles. The third-order valence-corrected chi connectivity index (χ3v) is 3.62. The minimum Gasteiger partial charge on any atom is -0.395 e. The van der Waals surface area contributed by atoms with E-state index in [0.29, 0.717) is 19.5 Å². The Bertz CT molecular complexity index is 429. The van der Waals surface area contributed by atoms with Crippen molar-refractivity contribution in [2.45, 2.75) is 32.6 Å². The van der Waals surface area contributed by atoms with Crippen molar-refractivity contribution in [1.82, 2.24) is 4.90 Å². The minimum atomic E-state index is 0.0315. The summed E-state index contributed by atoms with van der Waals surface area (Å²) in [5.74, 6) is 0.101. The zero-order chi connectivity index (χ0) is 13.0. The quantitative estimate of drug-likeness (QED) is 0.858. The largest absolute Gasteiger partial charge is 0.395 e. The summed E-state index contributed by atoms with van der Waals surface area (Å²) >= 11 is 0. The summed E-state index contributed by atoms with van der Waals surface area (Å²) in [6, 6.07) is 6.40. The zero-order valence-electron chi connectivity index (χ0n) is 11.0. The van der Waals surface area contributed by atoms with Gasteiger partial charge in [-0.2, -0.15) is 0 Å². The molecule has 0 unspecified atom stereocenters. The van der Waals surface area contributed by atoms with Crippen LogP contribution in [-0.4, -0.2) is 35.6 Å². The fourth-order valence-electron chi connectivity index (χ4n) is 2.60. The number of carbonyl (C=O) groups excluding carboxylic acids is 1. The fraction of sp³-hybridized carbons (Fsp3) is 0.533. The lowest BCUT2D eigenvalue weighted by atomic mass is 10.0. The number of likely N-dealkylation sites (N-methyl/N-ethyl adjacent to an activating group) is 1. The van der Waals surface area contributed by atoms with Crippen LogP contribution in [0.5, 0.6) is 0 Å². The van der Waals surface area contributed by atoms with Crippen LogP contribution in [0.3, 0.4) is 0 Å². The summed E-state index contributed by atoms with van der Waals surface area (Å²) in [5, 5.41) is 8.92. The number of hydrogen-bond donors (Lipinski definition) is 1. The standard InChI is InChI=1S/C15H21NO2/c1-2-16(8-9-17)15(18)11-12-6-7-13-4-3-5-14(13)10-12/h6-7,10,17H,2-5,8-9,11H2,1H3. The van der Waals surface area contributed by atoms with Crippen molar-refractivity contribution in [3.63, 3.8) is 0 Å². The highest BCUT2D eigenvalue weighted by Gasteiger charge is 2.14. The molecule has 0 bridgehead atoms. The van der Waals surface area contributed by atoms with Gasteiger partial charge >= 0.3 is 0 Å². The van der Waals surface area contributed by atoms with Gasteiger partial charge in [-0.25, -0.2) is 0 Å². The van der Waals surface area contributed by atoms with Gasteiger partial charge in [0, 0.05) is 13.1 Å². The SMILES string of the molecule is CCN(CCO)C(=O)Cc1ccc2c(c1)CCC2. The molecule has 1 aromatic carbocycles. The monoisotopic (exact) mass is 247 g/mol. The Morgan fingerprint density at radius 3 is 2.83 bits per heavy atom. The van der Waals surface area contributed by atoms with Crippen LogP contribution in [-0.2, 0) is 24.1 Å². The van der Waals surface area contributed by atoms with Gasteiger partial charge in [0.1, 0.15) is 0 Å². The molecule has 1 N–H and O–H groups in total. The molecule has 18 heavy (non-hydrogen) atoms. The molecule has 98 valence electrons.